The van der Waals surface area contributed by atoms with Gasteiger partial charge in [-0.1, -0.05) is 22.0 Å². The van der Waals surface area contributed by atoms with E-state index in [2.05, 4.69) is 20.9 Å². The summed E-state index contributed by atoms with van der Waals surface area (Å²) in [6.07, 6.45) is 1.68. The topological polar surface area (TPSA) is 42.4 Å². The summed E-state index contributed by atoms with van der Waals surface area (Å²) >= 11 is 3.39. The van der Waals surface area contributed by atoms with Gasteiger partial charge in [-0.25, -0.2) is 5.06 Å². The molecule has 88 valence electrons. The maximum Gasteiger partial charge on any atom is 0.295 e. The van der Waals surface area contributed by atoms with Crippen LogP contribution in [-0.2, 0) is 4.84 Å². The van der Waals surface area contributed by atoms with Gasteiger partial charge in [-0.05, 0) is 23.6 Å². The number of hydroxylamine groups is 2. The average Bonchev–Trinajstić information content (AvgIpc) is 2.36. The van der Waals surface area contributed by atoms with Crippen molar-refractivity contribution in [1.82, 2.24) is 10.0 Å². The molecule has 0 unspecified atom stereocenters. The summed E-state index contributed by atoms with van der Waals surface area (Å²) in [7, 11) is 2.99. The van der Waals surface area contributed by atoms with Gasteiger partial charge in [0.1, 0.15) is 5.69 Å². The number of carbonyl (C=O) groups excluding carboxylic acids is 1. The van der Waals surface area contributed by atoms with Gasteiger partial charge in [0.2, 0.25) is 0 Å². The number of aromatic nitrogens is 1. The quantitative estimate of drug-likeness (QED) is 0.800. The first-order chi connectivity index (χ1) is 8.11. The maximum atomic E-state index is 11.8. The Kier molecular flexibility index (Phi) is 3.40. The van der Waals surface area contributed by atoms with Crippen LogP contribution in [0.2, 0.25) is 0 Å². The van der Waals surface area contributed by atoms with Crippen molar-refractivity contribution in [2.45, 2.75) is 0 Å². The van der Waals surface area contributed by atoms with Crippen LogP contribution in [0.4, 0.5) is 0 Å². The summed E-state index contributed by atoms with van der Waals surface area (Å²) in [5.74, 6) is -0.266. The molecule has 0 aliphatic heterocycles. The molecular weight excluding hydrogens is 284 g/mol. The Labute approximate surface area is 107 Å². The van der Waals surface area contributed by atoms with Gasteiger partial charge in [-0.2, -0.15) is 0 Å². The van der Waals surface area contributed by atoms with E-state index >= 15 is 0 Å². The Morgan fingerprint density at radius 2 is 2.12 bits per heavy atom. The van der Waals surface area contributed by atoms with Crippen LogP contribution in [-0.4, -0.2) is 30.1 Å². The van der Waals surface area contributed by atoms with Gasteiger partial charge in [0.05, 0.1) is 7.11 Å². The second-order valence-electron chi connectivity index (χ2n) is 3.55. The van der Waals surface area contributed by atoms with Crippen LogP contribution in [0.1, 0.15) is 10.5 Å². The van der Waals surface area contributed by atoms with Gasteiger partial charge in [0, 0.05) is 23.1 Å². The molecule has 0 radical (unpaired) electrons. The van der Waals surface area contributed by atoms with Gasteiger partial charge in [-0.3, -0.25) is 14.6 Å². The molecule has 0 aliphatic rings. The molecule has 1 amide bonds. The van der Waals surface area contributed by atoms with Crippen molar-refractivity contribution in [1.29, 1.82) is 0 Å². The Balaban J connectivity index is 2.45. The zero-order valence-electron chi connectivity index (χ0n) is 9.48. The second kappa shape index (κ2) is 4.81. The Hall–Kier alpha value is -1.46. The molecule has 1 aromatic carbocycles. The van der Waals surface area contributed by atoms with Gasteiger partial charge in [0.15, 0.2) is 0 Å². The molecule has 0 N–H and O–H groups in total. The predicted octanol–water partition coefficient (Wildman–Crippen LogP) is 2.63. The van der Waals surface area contributed by atoms with Crippen molar-refractivity contribution < 1.29 is 9.63 Å². The normalized spacial score (nSPS) is 10.5. The summed E-state index contributed by atoms with van der Waals surface area (Å²) in [5, 5.41) is 3.10. The number of rotatable bonds is 2. The smallest absolute Gasteiger partial charge is 0.274 e. The van der Waals surface area contributed by atoms with Crippen LogP contribution in [0.5, 0.6) is 0 Å². The first kappa shape index (κ1) is 12.0. The van der Waals surface area contributed by atoms with Gasteiger partial charge in [-0.15, -0.1) is 0 Å². The van der Waals surface area contributed by atoms with Crippen LogP contribution >= 0.6 is 15.9 Å². The highest BCUT2D eigenvalue weighted by atomic mass is 79.9. The fourth-order valence-electron chi connectivity index (χ4n) is 1.47. The van der Waals surface area contributed by atoms with E-state index < -0.39 is 0 Å². The Morgan fingerprint density at radius 3 is 2.82 bits per heavy atom. The molecule has 0 fully saturated rings. The molecule has 5 heteroatoms. The van der Waals surface area contributed by atoms with E-state index in [1.807, 2.05) is 18.2 Å². The number of pyridine rings is 1. The molecule has 0 spiro atoms. The molecule has 0 bridgehead atoms. The second-order valence-corrected chi connectivity index (χ2v) is 4.46. The summed E-state index contributed by atoms with van der Waals surface area (Å²) in [5.41, 5.74) is 0.365. The number of hydrogen-bond acceptors (Lipinski definition) is 3. The molecule has 0 saturated carbocycles. The Morgan fingerprint density at radius 1 is 1.35 bits per heavy atom. The molecular formula is C12H11BrN2O2. The highest BCUT2D eigenvalue weighted by molar-refractivity contribution is 9.10. The van der Waals surface area contributed by atoms with E-state index in [-0.39, 0.29) is 5.91 Å². The number of nitrogens with zero attached hydrogens (tertiary/aromatic N) is 2. The van der Waals surface area contributed by atoms with E-state index in [0.29, 0.717) is 5.69 Å². The highest BCUT2D eigenvalue weighted by Gasteiger charge is 2.13. The predicted molar refractivity (Wildman–Crippen MR) is 68.5 cm³/mol. The molecule has 4 nitrogen and oxygen atoms in total. The number of amides is 1. The SMILES string of the molecule is CON(C)C(=O)c1cc2ccc(Br)cc2cn1. The van der Waals surface area contributed by atoms with E-state index in [1.54, 1.807) is 19.3 Å². The molecule has 0 atom stereocenters. The van der Waals surface area contributed by atoms with E-state index in [1.165, 1.54) is 7.11 Å². The minimum absolute atomic E-state index is 0.266. The third-order valence-electron chi connectivity index (χ3n) is 2.46. The summed E-state index contributed by atoms with van der Waals surface area (Å²) in [6.45, 7) is 0. The third kappa shape index (κ3) is 2.45. The highest BCUT2D eigenvalue weighted by Crippen LogP contribution is 2.19. The summed E-state index contributed by atoms with van der Waals surface area (Å²) in [6, 6.07) is 7.57. The maximum absolute atomic E-state index is 11.8. The van der Waals surface area contributed by atoms with Crippen LogP contribution in [0.15, 0.2) is 34.9 Å². The Bertz CT molecular complexity index is 571. The number of benzene rings is 1. The fourth-order valence-corrected chi connectivity index (χ4v) is 1.85. The van der Waals surface area contributed by atoms with Crippen molar-refractivity contribution in [2.24, 2.45) is 0 Å². The first-order valence-electron chi connectivity index (χ1n) is 4.99. The minimum atomic E-state index is -0.266. The van der Waals surface area contributed by atoms with Crippen molar-refractivity contribution in [3.8, 4) is 0 Å². The van der Waals surface area contributed by atoms with Crippen molar-refractivity contribution in [2.75, 3.05) is 14.2 Å². The number of halogens is 1. The standard InChI is InChI=1S/C12H11BrN2O2/c1-15(17-2)12(16)11-6-8-3-4-10(13)5-9(8)7-14-11/h3-7H,1-2H3. The van der Waals surface area contributed by atoms with Crippen molar-refractivity contribution in [3.05, 3.63) is 40.6 Å². The lowest BCUT2D eigenvalue weighted by Gasteiger charge is -2.13. The molecule has 2 aromatic rings. The van der Waals surface area contributed by atoms with E-state index in [4.69, 9.17) is 4.84 Å². The van der Waals surface area contributed by atoms with Crippen LogP contribution in [0.3, 0.4) is 0 Å². The average molecular weight is 295 g/mol. The van der Waals surface area contributed by atoms with Gasteiger partial charge in [0.25, 0.3) is 5.91 Å². The minimum Gasteiger partial charge on any atom is -0.274 e. The first-order valence-corrected chi connectivity index (χ1v) is 5.78. The molecule has 1 heterocycles. The lowest BCUT2D eigenvalue weighted by atomic mass is 10.1. The largest absolute Gasteiger partial charge is 0.295 e. The fraction of sp³-hybridized carbons (Fsp3) is 0.167. The zero-order chi connectivity index (χ0) is 12.4. The van der Waals surface area contributed by atoms with E-state index in [9.17, 15) is 4.79 Å². The zero-order valence-corrected chi connectivity index (χ0v) is 11.1. The third-order valence-corrected chi connectivity index (χ3v) is 2.96. The summed E-state index contributed by atoms with van der Waals surface area (Å²) < 4.78 is 0.986. The van der Waals surface area contributed by atoms with Crippen molar-refractivity contribution >= 4 is 32.6 Å². The number of fused-ring (bicyclic) bond motifs is 1. The van der Waals surface area contributed by atoms with Crippen molar-refractivity contribution in [3.63, 3.8) is 0 Å². The van der Waals surface area contributed by atoms with Crippen LogP contribution in [0, 0.1) is 0 Å². The van der Waals surface area contributed by atoms with Gasteiger partial charge >= 0.3 is 0 Å². The lowest BCUT2D eigenvalue weighted by molar-refractivity contribution is -0.0760. The van der Waals surface area contributed by atoms with Crippen LogP contribution in [0.25, 0.3) is 10.8 Å². The molecule has 0 aliphatic carbocycles. The lowest BCUT2D eigenvalue weighted by Crippen LogP contribution is -2.26. The monoisotopic (exact) mass is 294 g/mol. The number of hydrogen-bond donors (Lipinski definition) is 0. The van der Waals surface area contributed by atoms with Gasteiger partial charge < -0.3 is 0 Å². The summed E-state index contributed by atoms with van der Waals surface area (Å²) in [4.78, 5) is 20.8. The molecule has 2 rings (SSSR count). The number of carbonyl (C=O) groups is 1. The van der Waals surface area contributed by atoms with Crippen LogP contribution < -0.4 is 0 Å². The molecule has 0 saturated heterocycles. The molecule has 1 aromatic heterocycles. The van der Waals surface area contributed by atoms with E-state index in [0.717, 1.165) is 20.3 Å². The molecule has 17 heavy (non-hydrogen) atoms.